The average Bonchev–Trinajstić information content (AvgIpc) is 2.12. The molecule has 0 fully saturated rings. The summed E-state index contributed by atoms with van der Waals surface area (Å²) >= 11 is 0. The summed E-state index contributed by atoms with van der Waals surface area (Å²) in [6.07, 6.45) is 0. The Bertz CT molecular complexity index is 388. The molecule has 2 N–H and O–H groups in total. The monoisotopic (exact) mass is 291 g/mol. The zero-order valence-corrected chi connectivity index (χ0v) is 11.1. The summed E-state index contributed by atoms with van der Waals surface area (Å²) in [6, 6.07) is 0. The summed E-state index contributed by atoms with van der Waals surface area (Å²) in [7, 11) is -6.38. The van der Waals surface area contributed by atoms with E-state index in [0.717, 1.165) is 0 Å². The SMILES string of the molecule is COCCOCCOCS(=O)(=O)CS(N)(=O)=O. The maximum absolute atomic E-state index is 11.1. The van der Waals surface area contributed by atoms with Gasteiger partial charge in [0.15, 0.2) is 14.9 Å². The maximum Gasteiger partial charge on any atom is 0.223 e. The number of methoxy groups -OCH3 is 1. The molecule has 17 heavy (non-hydrogen) atoms. The van der Waals surface area contributed by atoms with Gasteiger partial charge in [0.2, 0.25) is 10.0 Å². The lowest BCUT2D eigenvalue weighted by Crippen LogP contribution is -2.26. The van der Waals surface area contributed by atoms with Crippen LogP contribution in [0.4, 0.5) is 0 Å². The second-order valence-electron chi connectivity index (χ2n) is 3.16. The molecule has 0 unspecified atom stereocenters. The molecule has 0 rings (SSSR count). The first-order valence-electron chi connectivity index (χ1n) is 4.62. The molecule has 0 radical (unpaired) electrons. The van der Waals surface area contributed by atoms with E-state index in [9.17, 15) is 16.8 Å². The molecule has 104 valence electrons. The van der Waals surface area contributed by atoms with Crippen LogP contribution in [0, 0.1) is 0 Å². The van der Waals surface area contributed by atoms with Crippen LogP contribution in [-0.4, -0.2) is 61.4 Å². The number of rotatable bonds is 10. The average molecular weight is 291 g/mol. The van der Waals surface area contributed by atoms with Gasteiger partial charge in [-0.05, 0) is 0 Å². The van der Waals surface area contributed by atoms with Crippen LogP contribution in [0.15, 0.2) is 0 Å². The Hall–Kier alpha value is -0.260. The first-order chi connectivity index (χ1) is 7.77. The van der Waals surface area contributed by atoms with Gasteiger partial charge in [-0.25, -0.2) is 22.0 Å². The number of nitrogens with two attached hydrogens (primary N) is 1. The van der Waals surface area contributed by atoms with Crippen LogP contribution in [0.3, 0.4) is 0 Å². The molecule has 0 atom stereocenters. The summed E-state index contributed by atoms with van der Waals surface area (Å²) in [5.41, 5.74) is 0. The van der Waals surface area contributed by atoms with Crippen molar-refractivity contribution in [1.82, 2.24) is 0 Å². The molecule has 0 spiro atoms. The number of sulfonamides is 1. The molecule has 0 aliphatic heterocycles. The lowest BCUT2D eigenvalue weighted by Gasteiger charge is -2.05. The molecule has 0 heterocycles. The molecule has 10 heteroatoms. The van der Waals surface area contributed by atoms with Gasteiger partial charge in [-0.2, -0.15) is 0 Å². The molecular weight excluding hydrogens is 274 g/mol. The third-order valence-corrected chi connectivity index (χ3v) is 4.69. The topological polar surface area (TPSA) is 122 Å². The minimum Gasteiger partial charge on any atom is -0.382 e. The van der Waals surface area contributed by atoms with Crippen LogP contribution in [0.2, 0.25) is 0 Å². The van der Waals surface area contributed by atoms with E-state index in [1.807, 2.05) is 0 Å². The zero-order valence-electron chi connectivity index (χ0n) is 9.49. The highest BCUT2D eigenvalue weighted by atomic mass is 32.3. The Morgan fingerprint density at radius 1 is 0.941 bits per heavy atom. The number of hydrogen-bond donors (Lipinski definition) is 1. The summed E-state index contributed by atoms with van der Waals surface area (Å²) in [6.45, 7) is 1.06. The van der Waals surface area contributed by atoms with Crippen molar-refractivity contribution >= 4 is 19.9 Å². The van der Waals surface area contributed by atoms with Gasteiger partial charge in [0.1, 0.15) is 5.94 Å². The van der Waals surface area contributed by atoms with Crippen molar-refractivity contribution in [2.45, 2.75) is 0 Å². The molecule has 0 saturated carbocycles. The van der Waals surface area contributed by atoms with E-state index >= 15 is 0 Å². The summed E-state index contributed by atoms with van der Waals surface area (Å²) < 4.78 is 57.9. The Kier molecular flexibility index (Phi) is 7.83. The maximum atomic E-state index is 11.1. The van der Waals surface area contributed by atoms with Crippen LogP contribution in [0.1, 0.15) is 0 Å². The molecular formula is C7H17NO7S2. The minimum absolute atomic E-state index is 0.0492. The van der Waals surface area contributed by atoms with Crippen LogP contribution in [-0.2, 0) is 34.1 Å². The molecule has 0 aromatic carbocycles. The van der Waals surface area contributed by atoms with Crippen molar-refractivity contribution in [3.8, 4) is 0 Å². The van der Waals surface area contributed by atoms with Crippen molar-refractivity contribution in [3.63, 3.8) is 0 Å². The number of hydrogen-bond acceptors (Lipinski definition) is 7. The molecule has 0 aliphatic carbocycles. The first-order valence-corrected chi connectivity index (χ1v) is 8.16. The largest absolute Gasteiger partial charge is 0.382 e. The van der Waals surface area contributed by atoms with E-state index in [1.54, 1.807) is 0 Å². The number of primary sulfonamides is 1. The quantitative estimate of drug-likeness (QED) is 0.475. The van der Waals surface area contributed by atoms with E-state index in [1.165, 1.54) is 7.11 Å². The van der Waals surface area contributed by atoms with E-state index in [2.05, 4.69) is 5.14 Å². The summed E-state index contributed by atoms with van der Waals surface area (Å²) in [5.74, 6) is -0.697. The highest BCUT2D eigenvalue weighted by Gasteiger charge is 2.18. The van der Waals surface area contributed by atoms with Crippen LogP contribution in [0.5, 0.6) is 0 Å². The van der Waals surface area contributed by atoms with Crippen molar-refractivity contribution in [2.24, 2.45) is 5.14 Å². The van der Waals surface area contributed by atoms with Crippen molar-refractivity contribution in [3.05, 3.63) is 0 Å². The van der Waals surface area contributed by atoms with Crippen molar-refractivity contribution < 1.29 is 31.0 Å². The van der Waals surface area contributed by atoms with Crippen molar-refractivity contribution in [2.75, 3.05) is 44.6 Å². The summed E-state index contributed by atoms with van der Waals surface area (Å²) in [4.78, 5) is 0. The standard InChI is InChI=1S/C7H17NO7S2/c1-13-2-3-14-4-5-15-6-16(9,10)7-17(8,11)12/h2-7H2,1H3,(H2,8,11,12). The van der Waals surface area contributed by atoms with Gasteiger partial charge >= 0.3 is 0 Å². The predicted molar refractivity (Wildman–Crippen MR) is 60.4 cm³/mol. The van der Waals surface area contributed by atoms with Crippen LogP contribution < -0.4 is 5.14 Å². The Morgan fingerprint density at radius 3 is 2.00 bits per heavy atom. The molecule has 0 aromatic rings. The number of ether oxygens (including phenoxy) is 3. The highest BCUT2D eigenvalue weighted by molar-refractivity contribution is 8.06. The van der Waals surface area contributed by atoms with E-state index in [0.29, 0.717) is 13.2 Å². The second-order valence-corrected chi connectivity index (χ2v) is 7.15. The number of sulfone groups is 1. The van der Waals surface area contributed by atoms with Gasteiger partial charge in [0.25, 0.3) is 0 Å². The summed E-state index contributed by atoms with van der Waals surface area (Å²) in [5, 5.41) is 3.49. The highest BCUT2D eigenvalue weighted by Crippen LogP contribution is 1.95. The Morgan fingerprint density at radius 2 is 1.47 bits per heavy atom. The van der Waals surface area contributed by atoms with Crippen LogP contribution in [0.25, 0.3) is 0 Å². The van der Waals surface area contributed by atoms with Crippen molar-refractivity contribution in [1.29, 1.82) is 0 Å². The lowest BCUT2D eigenvalue weighted by molar-refractivity contribution is 0.0347. The van der Waals surface area contributed by atoms with Gasteiger partial charge in [0.05, 0.1) is 26.4 Å². The molecule has 0 saturated heterocycles. The second kappa shape index (κ2) is 7.95. The molecule has 0 aliphatic rings. The van der Waals surface area contributed by atoms with E-state index in [4.69, 9.17) is 14.2 Å². The molecule has 0 aromatic heterocycles. The smallest absolute Gasteiger partial charge is 0.223 e. The van der Waals surface area contributed by atoms with E-state index in [-0.39, 0.29) is 13.2 Å². The predicted octanol–water partition coefficient (Wildman–Crippen LogP) is -1.72. The molecule has 8 nitrogen and oxygen atoms in total. The third-order valence-electron chi connectivity index (χ3n) is 1.41. The van der Waals surface area contributed by atoms with Gasteiger partial charge < -0.3 is 14.2 Å². The van der Waals surface area contributed by atoms with Gasteiger partial charge in [-0.15, -0.1) is 0 Å². The van der Waals surface area contributed by atoms with E-state index < -0.39 is 30.9 Å². The normalized spacial score (nSPS) is 12.8. The minimum atomic E-state index is -4.05. The first kappa shape index (κ1) is 16.7. The lowest BCUT2D eigenvalue weighted by atomic mass is 10.7. The fraction of sp³-hybridized carbons (Fsp3) is 1.00. The third kappa shape index (κ3) is 12.0. The Labute approximate surface area is 101 Å². The van der Waals surface area contributed by atoms with Gasteiger partial charge in [-0.3, -0.25) is 0 Å². The molecule has 0 amide bonds. The van der Waals surface area contributed by atoms with Crippen LogP contribution >= 0.6 is 0 Å². The molecule has 0 bridgehead atoms. The Balaban J connectivity index is 3.67. The van der Waals surface area contributed by atoms with Gasteiger partial charge in [-0.1, -0.05) is 0 Å². The fourth-order valence-electron chi connectivity index (χ4n) is 0.832. The fourth-order valence-corrected chi connectivity index (χ4v) is 3.48. The van der Waals surface area contributed by atoms with Gasteiger partial charge in [0, 0.05) is 7.11 Å². The zero-order chi connectivity index (χ0) is 13.4.